The molecule has 0 saturated carbocycles. The molecule has 22 heavy (non-hydrogen) atoms. The zero-order chi connectivity index (χ0) is 16.4. The molecule has 0 radical (unpaired) electrons. The molecule has 3 heteroatoms. The first-order chi connectivity index (χ1) is 10.5. The zero-order valence-electron chi connectivity index (χ0n) is 14.0. The highest BCUT2D eigenvalue weighted by molar-refractivity contribution is 5.22. The van der Waals surface area contributed by atoms with Crippen LogP contribution in [-0.4, -0.2) is 19.2 Å². The molecule has 1 rings (SSSR count). The zero-order valence-corrected chi connectivity index (χ0v) is 14.0. The minimum absolute atomic E-state index is 0.100. The Morgan fingerprint density at radius 1 is 1.36 bits per heavy atom. The van der Waals surface area contributed by atoms with E-state index in [1.54, 1.807) is 0 Å². The van der Waals surface area contributed by atoms with Crippen LogP contribution in [0.4, 0.5) is 0 Å². The Bertz CT molecular complexity index is 446. The first-order valence-corrected chi connectivity index (χ1v) is 8.00. The van der Waals surface area contributed by atoms with E-state index >= 15 is 0 Å². The highest BCUT2D eigenvalue weighted by atomic mass is 16.5. The lowest BCUT2D eigenvalue weighted by molar-refractivity contribution is 0.208. The molecule has 0 fully saturated rings. The van der Waals surface area contributed by atoms with Crippen molar-refractivity contribution >= 4 is 0 Å². The Labute approximate surface area is 135 Å². The third-order valence-electron chi connectivity index (χ3n) is 3.42. The van der Waals surface area contributed by atoms with Crippen LogP contribution in [0, 0.1) is 5.92 Å². The lowest BCUT2D eigenvalue weighted by Gasteiger charge is -2.25. The van der Waals surface area contributed by atoms with Crippen molar-refractivity contribution in [1.29, 1.82) is 0 Å². The molecule has 0 spiro atoms. The molecule has 0 heterocycles. The van der Waals surface area contributed by atoms with Gasteiger partial charge in [-0.1, -0.05) is 44.7 Å². The largest absolute Gasteiger partial charge is 0.475 e. The first-order valence-electron chi connectivity index (χ1n) is 8.00. The molecule has 0 saturated heterocycles. The molecule has 3 nitrogen and oxygen atoms in total. The fraction of sp³-hybridized carbons (Fsp3) is 0.474. The maximum Gasteiger partial charge on any atom is 0.180 e. The predicted octanol–water partition coefficient (Wildman–Crippen LogP) is 4.04. The maximum absolute atomic E-state index is 5.73. The summed E-state index contributed by atoms with van der Waals surface area (Å²) in [5.74, 6) is 1.14. The maximum atomic E-state index is 5.73. The van der Waals surface area contributed by atoms with E-state index in [4.69, 9.17) is 4.74 Å². The summed E-state index contributed by atoms with van der Waals surface area (Å²) in [5, 5.41) is 6.59. The Balaban J connectivity index is 2.47. The number of hydrogen-bond acceptors (Lipinski definition) is 3. The van der Waals surface area contributed by atoms with E-state index in [1.807, 2.05) is 6.08 Å². The van der Waals surface area contributed by atoms with E-state index < -0.39 is 0 Å². The number of hydrogen-bond donors (Lipinski definition) is 2. The molecule has 2 N–H and O–H groups in total. The average molecular weight is 302 g/mol. The van der Waals surface area contributed by atoms with E-state index in [1.165, 1.54) is 5.57 Å². The lowest BCUT2D eigenvalue weighted by Crippen LogP contribution is -2.37. The summed E-state index contributed by atoms with van der Waals surface area (Å²) in [6.45, 7) is 17.4. The van der Waals surface area contributed by atoms with Crippen LogP contribution >= 0.6 is 0 Å². The molecule has 1 atom stereocenters. The molecule has 0 amide bonds. The van der Waals surface area contributed by atoms with Crippen LogP contribution in [0.3, 0.4) is 0 Å². The molecule has 0 aromatic rings. The third kappa shape index (κ3) is 7.21. The van der Waals surface area contributed by atoms with Crippen LogP contribution < -0.4 is 10.6 Å². The SMILES string of the molecule is C=CCNC(=C)[C@H](CC(C)C)NC(=C)OCC1=CCCC=C1. The third-order valence-corrected chi connectivity index (χ3v) is 3.42. The van der Waals surface area contributed by atoms with Crippen molar-refractivity contribution in [2.24, 2.45) is 5.92 Å². The second-order valence-electron chi connectivity index (χ2n) is 5.99. The summed E-state index contributed by atoms with van der Waals surface area (Å²) < 4.78 is 5.73. The van der Waals surface area contributed by atoms with Crippen LogP contribution in [0.1, 0.15) is 33.1 Å². The fourth-order valence-electron chi connectivity index (χ4n) is 2.27. The van der Waals surface area contributed by atoms with Gasteiger partial charge in [-0.25, -0.2) is 0 Å². The lowest BCUT2D eigenvalue weighted by atomic mass is 10.0. The van der Waals surface area contributed by atoms with Crippen molar-refractivity contribution < 1.29 is 4.74 Å². The molecule has 0 bridgehead atoms. The van der Waals surface area contributed by atoms with Gasteiger partial charge in [0.15, 0.2) is 5.88 Å². The van der Waals surface area contributed by atoms with Crippen LogP contribution in [-0.2, 0) is 4.74 Å². The molecule has 0 aromatic heterocycles. The number of rotatable bonds is 11. The van der Waals surface area contributed by atoms with Crippen molar-refractivity contribution in [3.05, 3.63) is 61.2 Å². The summed E-state index contributed by atoms with van der Waals surface area (Å²) >= 11 is 0. The summed E-state index contributed by atoms with van der Waals surface area (Å²) in [7, 11) is 0. The molecule has 0 aliphatic heterocycles. The molecule has 1 aliphatic carbocycles. The number of nitrogens with one attached hydrogen (secondary N) is 2. The Morgan fingerprint density at radius 3 is 2.73 bits per heavy atom. The van der Waals surface area contributed by atoms with Crippen molar-refractivity contribution in [2.75, 3.05) is 13.2 Å². The normalized spacial score (nSPS) is 15.0. The second-order valence-corrected chi connectivity index (χ2v) is 5.99. The van der Waals surface area contributed by atoms with E-state index in [9.17, 15) is 0 Å². The molecule has 0 aromatic carbocycles. The van der Waals surface area contributed by atoms with Crippen LogP contribution in [0.25, 0.3) is 0 Å². The van der Waals surface area contributed by atoms with E-state index in [-0.39, 0.29) is 6.04 Å². The Kier molecular flexibility index (Phi) is 8.19. The molecular weight excluding hydrogens is 272 g/mol. The summed E-state index contributed by atoms with van der Waals surface area (Å²) in [5.41, 5.74) is 2.15. The van der Waals surface area contributed by atoms with Gasteiger partial charge in [-0.2, -0.15) is 0 Å². The van der Waals surface area contributed by atoms with Gasteiger partial charge in [0, 0.05) is 12.2 Å². The van der Waals surface area contributed by atoms with Crippen molar-refractivity contribution in [2.45, 2.75) is 39.2 Å². The highest BCUT2D eigenvalue weighted by Crippen LogP contribution is 2.13. The molecule has 122 valence electrons. The van der Waals surface area contributed by atoms with Crippen molar-refractivity contribution in [3.8, 4) is 0 Å². The van der Waals surface area contributed by atoms with Gasteiger partial charge in [-0.15, -0.1) is 6.58 Å². The molecule has 0 unspecified atom stereocenters. The van der Waals surface area contributed by atoms with Gasteiger partial charge in [0.05, 0.1) is 6.04 Å². The smallest absolute Gasteiger partial charge is 0.180 e. The van der Waals surface area contributed by atoms with Crippen molar-refractivity contribution in [1.82, 2.24) is 10.6 Å². The molecular formula is C19H30N2O. The van der Waals surface area contributed by atoms with Gasteiger partial charge >= 0.3 is 0 Å². The fourth-order valence-corrected chi connectivity index (χ4v) is 2.27. The minimum Gasteiger partial charge on any atom is -0.475 e. The first kappa shape index (κ1) is 18.1. The van der Waals surface area contributed by atoms with Gasteiger partial charge in [-0.05, 0) is 37.3 Å². The van der Waals surface area contributed by atoms with Crippen LogP contribution in [0.15, 0.2) is 61.2 Å². The van der Waals surface area contributed by atoms with E-state index in [2.05, 4.69) is 62.4 Å². The van der Waals surface area contributed by atoms with Gasteiger partial charge in [0.2, 0.25) is 0 Å². The van der Waals surface area contributed by atoms with Crippen LogP contribution in [0.5, 0.6) is 0 Å². The monoisotopic (exact) mass is 302 g/mol. The van der Waals surface area contributed by atoms with Gasteiger partial charge in [0.25, 0.3) is 0 Å². The van der Waals surface area contributed by atoms with Gasteiger partial charge in [-0.3, -0.25) is 0 Å². The average Bonchev–Trinajstić information content (AvgIpc) is 2.50. The highest BCUT2D eigenvalue weighted by Gasteiger charge is 2.15. The summed E-state index contributed by atoms with van der Waals surface area (Å²) in [4.78, 5) is 0. The van der Waals surface area contributed by atoms with E-state index in [0.29, 0.717) is 25.0 Å². The van der Waals surface area contributed by atoms with Crippen molar-refractivity contribution in [3.63, 3.8) is 0 Å². The Morgan fingerprint density at radius 2 is 2.14 bits per heavy atom. The van der Waals surface area contributed by atoms with Gasteiger partial charge < -0.3 is 15.4 Å². The van der Waals surface area contributed by atoms with Gasteiger partial charge in [0.1, 0.15) is 6.61 Å². The Hall–Kier alpha value is -1.90. The van der Waals surface area contributed by atoms with Crippen LogP contribution in [0.2, 0.25) is 0 Å². The number of ether oxygens (including phenoxy) is 1. The predicted molar refractivity (Wildman–Crippen MR) is 95.3 cm³/mol. The summed E-state index contributed by atoms with van der Waals surface area (Å²) in [6.07, 6.45) is 11.5. The molecule has 1 aliphatic rings. The number of allylic oxidation sites excluding steroid dienone is 2. The second kappa shape index (κ2) is 9.93. The van der Waals surface area contributed by atoms with E-state index in [0.717, 1.165) is 25.0 Å². The summed E-state index contributed by atoms with van der Waals surface area (Å²) in [6, 6.07) is 0.100. The standard InChI is InChI=1S/C19H30N2O/c1-6-12-20-16(4)19(13-15(2)3)21-17(5)22-14-18-10-8-7-9-11-18/h6,8,10-11,15,19-21H,1,4-5,7,9,12-14H2,2-3H3/t19-/m0/s1. The minimum atomic E-state index is 0.100. The quantitative estimate of drug-likeness (QED) is 0.446. The topological polar surface area (TPSA) is 33.3 Å².